The number of carbonyl (C=O) groups is 2. The van der Waals surface area contributed by atoms with Gasteiger partial charge in [-0.3, -0.25) is 0 Å². The Hall–Kier alpha value is -1.84. The molecule has 5 nitrogen and oxygen atoms in total. The van der Waals surface area contributed by atoms with E-state index in [1.54, 1.807) is 11.4 Å². The van der Waals surface area contributed by atoms with E-state index in [9.17, 15) is 27.2 Å². The molecule has 0 aromatic carbocycles. The van der Waals surface area contributed by atoms with E-state index >= 15 is 0 Å². The summed E-state index contributed by atoms with van der Waals surface area (Å²) >= 11 is 1.04. The van der Waals surface area contributed by atoms with Crippen LogP contribution in [0, 0.1) is 0 Å². The maximum atomic E-state index is 12.6. The summed E-state index contributed by atoms with van der Waals surface area (Å²) in [5, 5.41) is 13.9. The van der Waals surface area contributed by atoms with E-state index in [4.69, 9.17) is 5.11 Å². The van der Waals surface area contributed by atoms with E-state index in [0.29, 0.717) is 0 Å². The molecule has 0 bridgehead atoms. The minimum atomic E-state index is -4.38. The van der Waals surface area contributed by atoms with Gasteiger partial charge in [0.2, 0.25) is 0 Å². The number of carboxylic acid groups (broad SMARTS) is 1. The normalized spacial score (nSPS) is 13.1. The number of halogens is 4. The van der Waals surface area contributed by atoms with Crippen LogP contribution in [0.3, 0.4) is 0 Å². The van der Waals surface area contributed by atoms with Gasteiger partial charge in [-0.15, -0.1) is 11.3 Å². The van der Waals surface area contributed by atoms with Gasteiger partial charge >= 0.3 is 24.3 Å². The Bertz CT molecular complexity index is 467. The summed E-state index contributed by atoms with van der Waals surface area (Å²) in [5.74, 6) is -5.78. The third kappa shape index (κ3) is 4.37. The zero-order chi connectivity index (χ0) is 15.3. The van der Waals surface area contributed by atoms with Crippen molar-refractivity contribution in [2.75, 3.05) is 6.54 Å². The van der Waals surface area contributed by atoms with Crippen LogP contribution in [0.15, 0.2) is 17.5 Å². The SMILES string of the molecule is O=C(NCC(F)(F)C(F)F)NC(C(=O)O)c1cccs1. The molecule has 1 heterocycles. The second kappa shape index (κ2) is 6.55. The molecule has 0 fully saturated rings. The fourth-order valence-electron chi connectivity index (χ4n) is 1.17. The van der Waals surface area contributed by atoms with Crippen LogP contribution in [0.5, 0.6) is 0 Å². The summed E-state index contributed by atoms with van der Waals surface area (Å²) in [6, 6.07) is 0.263. The highest BCUT2D eigenvalue weighted by atomic mass is 32.1. The molecule has 0 aliphatic carbocycles. The van der Waals surface area contributed by atoms with Crippen molar-refractivity contribution in [3.63, 3.8) is 0 Å². The number of urea groups is 1. The molecule has 2 amide bonds. The average molecular weight is 314 g/mol. The molecule has 1 rings (SSSR count). The Morgan fingerprint density at radius 1 is 1.40 bits per heavy atom. The second-order valence-corrected chi connectivity index (χ2v) is 4.65. The first kappa shape index (κ1) is 16.2. The lowest BCUT2D eigenvalue weighted by Gasteiger charge is -2.18. The van der Waals surface area contributed by atoms with Crippen molar-refractivity contribution in [2.24, 2.45) is 0 Å². The highest BCUT2D eigenvalue weighted by Gasteiger charge is 2.41. The molecule has 10 heteroatoms. The highest BCUT2D eigenvalue weighted by molar-refractivity contribution is 7.10. The molecular weight excluding hydrogens is 304 g/mol. The first-order chi connectivity index (χ1) is 9.24. The van der Waals surface area contributed by atoms with E-state index in [-0.39, 0.29) is 4.88 Å². The number of aliphatic carboxylic acids is 1. The highest BCUT2D eigenvalue weighted by Crippen LogP contribution is 2.22. The Kier molecular flexibility index (Phi) is 5.31. The molecule has 1 aromatic heterocycles. The van der Waals surface area contributed by atoms with Crippen molar-refractivity contribution in [1.29, 1.82) is 0 Å². The van der Waals surface area contributed by atoms with Crippen LogP contribution < -0.4 is 10.6 Å². The van der Waals surface area contributed by atoms with Gasteiger partial charge in [-0.05, 0) is 11.4 Å². The molecule has 0 radical (unpaired) electrons. The largest absolute Gasteiger partial charge is 0.479 e. The first-order valence-corrected chi connectivity index (χ1v) is 6.08. The lowest BCUT2D eigenvalue weighted by atomic mass is 10.2. The van der Waals surface area contributed by atoms with Gasteiger partial charge in [0.05, 0.1) is 6.54 Å². The van der Waals surface area contributed by atoms with Gasteiger partial charge in [-0.25, -0.2) is 18.4 Å². The molecule has 0 aliphatic rings. The number of alkyl halides is 4. The number of amides is 2. The zero-order valence-corrected chi connectivity index (χ0v) is 10.6. The summed E-state index contributed by atoms with van der Waals surface area (Å²) in [5.41, 5.74) is 0. The number of rotatable bonds is 6. The smallest absolute Gasteiger partial charge is 0.331 e. The lowest BCUT2D eigenvalue weighted by molar-refractivity contribution is -0.139. The number of carboxylic acids is 1. The van der Waals surface area contributed by atoms with E-state index in [2.05, 4.69) is 0 Å². The molecule has 20 heavy (non-hydrogen) atoms. The van der Waals surface area contributed by atoms with Gasteiger partial charge in [0, 0.05) is 4.88 Å². The Morgan fingerprint density at radius 2 is 2.05 bits per heavy atom. The monoisotopic (exact) mass is 314 g/mol. The van der Waals surface area contributed by atoms with Crippen LogP contribution >= 0.6 is 11.3 Å². The summed E-state index contributed by atoms with van der Waals surface area (Å²) < 4.78 is 48.9. The standard InChI is InChI=1S/C10H10F4N2O3S/c11-8(12)10(13,14)4-15-9(19)16-6(7(17)18)5-2-1-3-20-5/h1-3,6,8H,4H2,(H,17,18)(H2,15,16,19). The molecule has 0 saturated heterocycles. The van der Waals surface area contributed by atoms with Gasteiger partial charge in [0.25, 0.3) is 0 Å². The van der Waals surface area contributed by atoms with Crippen molar-refractivity contribution in [3.05, 3.63) is 22.4 Å². The van der Waals surface area contributed by atoms with E-state index < -0.39 is 36.9 Å². The zero-order valence-electron chi connectivity index (χ0n) is 9.78. The number of hydrogen-bond acceptors (Lipinski definition) is 3. The van der Waals surface area contributed by atoms with Crippen LogP contribution in [-0.4, -0.2) is 36.0 Å². The van der Waals surface area contributed by atoms with Crippen LogP contribution in [0.1, 0.15) is 10.9 Å². The van der Waals surface area contributed by atoms with E-state index in [1.165, 1.54) is 11.4 Å². The average Bonchev–Trinajstić information content (AvgIpc) is 2.86. The number of hydrogen-bond donors (Lipinski definition) is 3. The van der Waals surface area contributed by atoms with Gasteiger partial charge in [-0.1, -0.05) is 6.07 Å². The topological polar surface area (TPSA) is 78.4 Å². The van der Waals surface area contributed by atoms with Crippen LogP contribution in [-0.2, 0) is 4.79 Å². The summed E-state index contributed by atoms with van der Waals surface area (Å²) in [4.78, 5) is 22.5. The maximum Gasteiger partial charge on any atom is 0.331 e. The second-order valence-electron chi connectivity index (χ2n) is 3.68. The molecule has 0 spiro atoms. The van der Waals surface area contributed by atoms with Gasteiger partial charge in [0.15, 0.2) is 6.04 Å². The molecule has 0 saturated carbocycles. The molecule has 1 atom stereocenters. The fraction of sp³-hybridized carbons (Fsp3) is 0.400. The Labute approximate surface area is 114 Å². The van der Waals surface area contributed by atoms with Crippen molar-refractivity contribution in [2.45, 2.75) is 18.4 Å². The predicted octanol–water partition coefficient (Wildman–Crippen LogP) is 2.07. The van der Waals surface area contributed by atoms with Crippen molar-refractivity contribution in [1.82, 2.24) is 10.6 Å². The Balaban J connectivity index is 2.58. The van der Waals surface area contributed by atoms with E-state index in [0.717, 1.165) is 11.3 Å². The minimum Gasteiger partial charge on any atom is -0.479 e. The minimum absolute atomic E-state index is 0.272. The molecular formula is C10H10F4N2O3S. The Morgan fingerprint density at radius 3 is 2.50 bits per heavy atom. The summed E-state index contributed by atoms with van der Waals surface area (Å²) in [6.07, 6.45) is -3.92. The van der Waals surface area contributed by atoms with Crippen LogP contribution in [0.25, 0.3) is 0 Å². The third-order valence-electron chi connectivity index (χ3n) is 2.15. The fourth-order valence-corrected chi connectivity index (χ4v) is 1.93. The molecule has 1 unspecified atom stereocenters. The van der Waals surface area contributed by atoms with Gasteiger partial charge in [-0.2, -0.15) is 8.78 Å². The maximum absolute atomic E-state index is 12.6. The van der Waals surface area contributed by atoms with Gasteiger partial charge < -0.3 is 15.7 Å². The van der Waals surface area contributed by atoms with Crippen molar-refractivity contribution in [3.8, 4) is 0 Å². The predicted molar refractivity (Wildman–Crippen MR) is 62.2 cm³/mol. The number of nitrogens with one attached hydrogen (secondary N) is 2. The van der Waals surface area contributed by atoms with Gasteiger partial charge in [0.1, 0.15) is 0 Å². The number of thiophene rings is 1. The lowest BCUT2D eigenvalue weighted by Crippen LogP contribution is -2.47. The quantitative estimate of drug-likeness (QED) is 0.703. The molecule has 112 valence electrons. The van der Waals surface area contributed by atoms with Crippen LogP contribution in [0.2, 0.25) is 0 Å². The first-order valence-electron chi connectivity index (χ1n) is 5.20. The van der Waals surface area contributed by atoms with Crippen molar-refractivity contribution >= 4 is 23.3 Å². The van der Waals surface area contributed by atoms with E-state index in [1.807, 2.05) is 5.32 Å². The summed E-state index contributed by atoms with van der Waals surface area (Å²) in [6.45, 7) is -1.59. The van der Waals surface area contributed by atoms with Crippen molar-refractivity contribution < 1.29 is 32.3 Å². The third-order valence-corrected chi connectivity index (χ3v) is 3.09. The summed E-state index contributed by atoms with van der Waals surface area (Å²) in [7, 11) is 0. The van der Waals surface area contributed by atoms with Crippen LogP contribution in [0.4, 0.5) is 22.4 Å². The number of carbonyl (C=O) groups excluding carboxylic acids is 1. The molecule has 1 aromatic rings. The molecule has 3 N–H and O–H groups in total. The molecule has 0 aliphatic heterocycles.